The Morgan fingerprint density at radius 1 is 1.41 bits per heavy atom. The average Bonchev–Trinajstić information content (AvgIpc) is 2.62. The predicted octanol–water partition coefficient (Wildman–Crippen LogP) is 3.21. The molecule has 1 N–H and O–H groups in total. The summed E-state index contributed by atoms with van der Waals surface area (Å²) in [6.45, 7) is 2.85. The third-order valence-electron chi connectivity index (χ3n) is 2.91. The van der Waals surface area contributed by atoms with Gasteiger partial charge in [-0.2, -0.15) is 0 Å². The van der Waals surface area contributed by atoms with Crippen molar-refractivity contribution >= 4 is 22.5 Å². The summed E-state index contributed by atoms with van der Waals surface area (Å²) in [6, 6.07) is 5.78. The van der Waals surface area contributed by atoms with Crippen LogP contribution in [0.3, 0.4) is 0 Å². The van der Waals surface area contributed by atoms with Gasteiger partial charge >= 0.3 is 0 Å². The van der Waals surface area contributed by atoms with E-state index in [1.165, 1.54) is 0 Å². The molecule has 0 aliphatic heterocycles. The van der Waals surface area contributed by atoms with Crippen molar-refractivity contribution in [2.24, 2.45) is 0 Å². The number of hydrogen-bond acceptors (Lipinski definition) is 2. The highest BCUT2D eigenvalue weighted by Crippen LogP contribution is 2.35. The van der Waals surface area contributed by atoms with Gasteiger partial charge < -0.3 is 14.4 Å². The minimum atomic E-state index is -0.0563. The number of aliphatic hydroxyl groups is 1. The first-order valence-corrected chi connectivity index (χ1v) is 6.06. The van der Waals surface area contributed by atoms with E-state index in [0.29, 0.717) is 5.15 Å². The van der Waals surface area contributed by atoms with Crippen molar-refractivity contribution in [2.45, 2.75) is 26.5 Å². The van der Waals surface area contributed by atoms with Gasteiger partial charge in [-0.1, -0.05) is 30.7 Å². The Bertz CT molecular complexity index is 534. The second-order valence-corrected chi connectivity index (χ2v) is 4.29. The number of benzene rings is 1. The minimum absolute atomic E-state index is 0.0563. The monoisotopic (exact) mass is 253 g/mol. The molecular weight excluding hydrogens is 238 g/mol. The highest BCUT2D eigenvalue weighted by molar-refractivity contribution is 6.32. The van der Waals surface area contributed by atoms with Crippen molar-refractivity contribution in [3.63, 3.8) is 0 Å². The van der Waals surface area contributed by atoms with Crippen LogP contribution in [0.1, 0.15) is 18.9 Å². The maximum absolute atomic E-state index is 9.42. The number of methoxy groups -OCH3 is 1. The molecule has 0 saturated carbocycles. The molecule has 1 heterocycles. The lowest BCUT2D eigenvalue weighted by atomic mass is 10.2. The van der Waals surface area contributed by atoms with Crippen LogP contribution in [-0.4, -0.2) is 16.8 Å². The Morgan fingerprint density at radius 2 is 2.18 bits per heavy atom. The molecular formula is C13H16ClNO2. The molecule has 4 heteroatoms. The van der Waals surface area contributed by atoms with E-state index < -0.39 is 0 Å². The molecule has 1 aromatic heterocycles. The second kappa shape index (κ2) is 4.98. The van der Waals surface area contributed by atoms with Crippen molar-refractivity contribution in [3.05, 3.63) is 28.9 Å². The van der Waals surface area contributed by atoms with Crippen LogP contribution < -0.4 is 4.74 Å². The highest BCUT2D eigenvalue weighted by atomic mass is 35.5. The SMILES string of the molecule is CCCn1c(Cl)c(CO)c2cccc(OC)c21. The zero-order valence-electron chi connectivity index (χ0n) is 10.0. The van der Waals surface area contributed by atoms with Gasteiger partial charge in [0, 0.05) is 17.5 Å². The fourth-order valence-corrected chi connectivity index (χ4v) is 2.50. The van der Waals surface area contributed by atoms with E-state index in [1.54, 1.807) is 7.11 Å². The lowest BCUT2D eigenvalue weighted by Gasteiger charge is -2.08. The summed E-state index contributed by atoms with van der Waals surface area (Å²) >= 11 is 6.31. The smallest absolute Gasteiger partial charge is 0.143 e. The van der Waals surface area contributed by atoms with Crippen LogP contribution in [0, 0.1) is 0 Å². The highest BCUT2D eigenvalue weighted by Gasteiger charge is 2.17. The molecule has 0 unspecified atom stereocenters. The van der Waals surface area contributed by atoms with Gasteiger partial charge in [-0.05, 0) is 12.5 Å². The number of aryl methyl sites for hydroxylation is 1. The van der Waals surface area contributed by atoms with Gasteiger partial charge in [-0.25, -0.2) is 0 Å². The van der Waals surface area contributed by atoms with E-state index in [1.807, 2.05) is 22.8 Å². The van der Waals surface area contributed by atoms with Gasteiger partial charge in [0.05, 0.1) is 19.2 Å². The molecule has 0 fully saturated rings. The fraction of sp³-hybridized carbons (Fsp3) is 0.385. The minimum Gasteiger partial charge on any atom is -0.495 e. The lowest BCUT2D eigenvalue weighted by molar-refractivity contribution is 0.283. The van der Waals surface area contributed by atoms with E-state index in [9.17, 15) is 5.11 Å². The number of ether oxygens (including phenoxy) is 1. The molecule has 2 rings (SSSR count). The van der Waals surface area contributed by atoms with Crippen LogP contribution in [0.4, 0.5) is 0 Å². The van der Waals surface area contributed by atoms with Gasteiger partial charge in [-0.15, -0.1) is 0 Å². The zero-order chi connectivity index (χ0) is 12.4. The van der Waals surface area contributed by atoms with E-state index in [4.69, 9.17) is 16.3 Å². The Labute approximate surface area is 106 Å². The summed E-state index contributed by atoms with van der Waals surface area (Å²) < 4.78 is 7.37. The molecule has 0 aliphatic carbocycles. The summed E-state index contributed by atoms with van der Waals surface area (Å²) in [5.74, 6) is 0.789. The van der Waals surface area contributed by atoms with E-state index in [-0.39, 0.29) is 6.61 Å². The van der Waals surface area contributed by atoms with Gasteiger partial charge in [0.2, 0.25) is 0 Å². The van der Waals surface area contributed by atoms with E-state index >= 15 is 0 Å². The summed E-state index contributed by atoms with van der Waals surface area (Å²) in [5.41, 5.74) is 1.74. The number of aromatic nitrogens is 1. The topological polar surface area (TPSA) is 34.4 Å². The van der Waals surface area contributed by atoms with Crippen LogP contribution >= 0.6 is 11.6 Å². The molecule has 0 saturated heterocycles. The number of rotatable bonds is 4. The molecule has 17 heavy (non-hydrogen) atoms. The van der Waals surface area contributed by atoms with Crippen molar-refractivity contribution < 1.29 is 9.84 Å². The van der Waals surface area contributed by atoms with E-state index in [2.05, 4.69) is 6.92 Å². The first-order valence-electron chi connectivity index (χ1n) is 5.69. The summed E-state index contributed by atoms with van der Waals surface area (Å²) in [5, 5.41) is 11.0. The molecule has 0 aliphatic rings. The van der Waals surface area contributed by atoms with Crippen LogP contribution in [-0.2, 0) is 13.2 Å². The summed E-state index contributed by atoms with van der Waals surface area (Å²) in [7, 11) is 1.64. The Hall–Kier alpha value is -1.19. The van der Waals surface area contributed by atoms with Crippen molar-refractivity contribution in [1.82, 2.24) is 4.57 Å². The predicted molar refractivity (Wildman–Crippen MR) is 69.7 cm³/mol. The number of aliphatic hydroxyl groups excluding tert-OH is 1. The standard InChI is InChI=1S/C13H16ClNO2/c1-3-7-15-12-9(10(8-16)13(15)14)5-4-6-11(12)17-2/h4-6,16H,3,7-8H2,1-2H3. The third-order valence-corrected chi connectivity index (χ3v) is 3.34. The molecule has 2 aromatic rings. The molecule has 0 amide bonds. The van der Waals surface area contributed by atoms with Crippen molar-refractivity contribution in [3.8, 4) is 5.75 Å². The number of fused-ring (bicyclic) bond motifs is 1. The zero-order valence-corrected chi connectivity index (χ0v) is 10.8. The number of hydrogen-bond donors (Lipinski definition) is 1. The average molecular weight is 254 g/mol. The van der Waals surface area contributed by atoms with Crippen LogP contribution in [0.25, 0.3) is 10.9 Å². The Morgan fingerprint density at radius 3 is 2.76 bits per heavy atom. The number of para-hydroxylation sites is 1. The molecule has 92 valence electrons. The summed E-state index contributed by atoms with van der Waals surface area (Å²) in [4.78, 5) is 0. The normalized spacial score (nSPS) is 11.1. The second-order valence-electron chi connectivity index (χ2n) is 3.94. The summed E-state index contributed by atoms with van der Waals surface area (Å²) in [6.07, 6.45) is 0.979. The number of nitrogens with zero attached hydrogens (tertiary/aromatic N) is 1. The quantitative estimate of drug-likeness (QED) is 0.908. The first kappa shape index (κ1) is 12.3. The van der Waals surface area contributed by atoms with Crippen LogP contribution in [0.15, 0.2) is 18.2 Å². The Balaban J connectivity index is 2.80. The van der Waals surface area contributed by atoms with Gasteiger partial charge in [0.25, 0.3) is 0 Å². The van der Waals surface area contributed by atoms with Crippen molar-refractivity contribution in [2.75, 3.05) is 7.11 Å². The molecule has 3 nitrogen and oxygen atoms in total. The maximum atomic E-state index is 9.42. The van der Waals surface area contributed by atoms with Crippen LogP contribution in [0.5, 0.6) is 5.75 Å². The first-order chi connectivity index (χ1) is 8.24. The molecule has 0 spiro atoms. The third kappa shape index (κ3) is 1.90. The fourth-order valence-electron chi connectivity index (χ4n) is 2.17. The molecule has 1 aromatic carbocycles. The Kier molecular flexibility index (Phi) is 3.60. The largest absolute Gasteiger partial charge is 0.495 e. The van der Waals surface area contributed by atoms with Gasteiger partial charge in [0.15, 0.2) is 0 Å². The van der Waals surface area contributed by atoms with Crippen LogP contribution in [0.2, 0.25) is 5.15 Å². The van der Waals surface area contributed by atoms with Gasteiger partial charge in [-0.3, -0.25) is 0 Å². The number of halogens is 1. The molecule has 0 bridgehead atoms. The van der Waals surface area contributed by atoms with Crippen molar-refractivity contribution in [1.29, 1.82) is 0 Å². The lowest BCUT2D eigenvalue weighted by Crippen LogP contribution is -1.98. The molecule has 0 radical (unpaired) electrons. The maximum Gasteiger partial charge on any atom is 0.143 e. The van der Waals surface area contributed by atoms with E-state index in [0.717, 1.165) is 35.2 Å². The molecule has 0 atom stereocenters. The van der Waals surface area contributed by atoms with Gasteiger partial charge in [0.1, 0.15) is 10.9 Å².